The van der Waals surface area contributed by atoms with Crippen molar-refractivity contribution >= 4 is 35.6 Å². The fraction of sp³-hybridized carbons (Fsp3) is 0.500. The number of hydrogen-bond donors (Lipinski definition) is 0. The molecule has 0 atom stereocenters. The molecule has 0 amide bonds. The summed E-state index contributed by atoms with van der Waals surface area (Å²) in [4.78, 5) is 14.7. The van der Waals surface area contributed by atoms with Gasteiger partial charge in [-0.05, 0) is 11.6 Å². The molecule has 1 heterocycles. The molecule has 0 aromatic heterocycles. The van der Waals surface area contributed by atoms with Crippen molar-refractivity contribution < 1.29 is 4.92 Å². The van der Waals surface area contributed by atoms with Crippen LogP contribution in [0.4, 0.5) is 0 Å². The van der Waals surface area contributed by atoms with E-state index in [1.54, 1.807) is 0 Å². The number of hydrogen-bond acceptors (Lipinski definition) is 4. The Hall–Kier alpha value is -0.680. The van der Waals surface area contributed by atoms with Crippen LogP contribution in [0.3, 0.4) is 0 Å². The van der Waals surface area contributed by atoms with E-state index in [1.807, 2.05) is 0 Å². The first kappa shape index (κ1) is 8.42. The largest absolute Gasteiger partial charge is 0.365 e. The average molecular weight is 196 g/mol. The molecule has 0 bridgehead atoms. The van der Waals surface area contributed by atoms with Gasteiger partial charge in [-0.3, -0.25) is 10.1 Å². The lowest BCUT2D eigenvalue weighted by atomic mass is 10.3. The highest BCUT2D eigenvalue weighted by Gasteiger charge is 2.38. The molecular formula is C4H3Cl2N3O2. The summed E-state index contributed by atoms with van der Waals surface area (Å²) in [6.45, 7) is 0. The van der Waals surface area contributed by atoms with Crippen LogP contribution in [0.1, 0.15) is 0 Å². The summed E-state index contributed by atoms with van der Waals surface area (Å²) in [5.74, 6) is 0. The lowest BCUT2D eigenvalue weighted by molar-refractivity contribution is -0.498. The normalized spacial score (nSPS) is 35.6. The number of alkyl halides is 2. The molecule has 11 heavy (non-hydrogen) atoms. The van der Waals surface area contributed by atoms with Crippen LogP contribution >= 0.6 is 23.2 Å². The van der Waals surface area contributed by atoms with Gasteiger partial charge < -0.3 is 0 Å². The minimum atomic E-state index is -1.81. The summed E-state index contributed by atoms with van der Waals surface area (Å²) in [5.41, 5.74) is -0.790. The van der Waals surface area contributed by atoms with Gasteiger partial charge >= 0.3 is 5.00 Å². The Kier molecular flexibility index (Phi) is 2.10. The molecular weight excluding hydrogens is 193 g/mol. The van der Waals surface area contributed by atoms with Gasteiger partial charge in [0.15, 0.2) is 0 Å². The van der Waals surface area contributed by atoms with E-state index in [1.165, 1.54) is 0 Å². The van der Waals surface area contributed by atoms with Crippen LogP contribution in [0.2, 0.25) is 0 Å². The maximum absolute atomic E-state index is 10.2. The second-order valence-corrected chi connectivity index (χ2v) is 2.85. The summed E-state index contributed by atoms with van der Waals surface area (Å²) in [5, 5.41) is 10.2. The summed E-state index contributed by atoms with van der Waals surface area (Å²) >= 11 is 10.8. The second-order valence-electron chi connectivity index (χ2n) is 1.85. The van der Waals surface area contributed by atoms with E-state index in [9.17, 15) is 10.1 Å². The van der Waals surface area contributed by atoms with Crippen molar-refractivity contribution in [3.05, 3.63) is 10.1 Å². The molecule has 7 heteroatoms. The predicted molar refractivity (Wildman–Crippen MR) is 42.2 cm³/mol. The predicted octanol–water partition coefficient (Wildman–Crippen LogP) is 0.876. The van der Waals surface area contributed by atoms with Gasteiger partial charge in [-0.25, -0.2) is 9.98 Å². The van der Waals surface area contributed by atoms with Gasteiger partial charge in [-0.1, -0.05) is 11.6 Å². The highest BCUT2D eigenvalue weighted by Crippen LogP contribution is 2.16. The summed E-state index contributed by atoms with van der Waals surface area (Å²) in [6.07, 6.45) is 1.92. The maximum atomic E-state index is 10.2. The second kappa shape index (κ2) is 2.75. The van der Waals surface area contributed by atoms with E-state index >= 15 is 0 Å². The third-order valence-electron chi connectivity index (χ3n) is 1.04. The van der Waals surface area contributed by atoms with Gasteiger partial charge in [-0.15, -0.1) is 0 Å². The van der Waals surface area contributed by atoms with E-state index < -0.39 is 15.5 Å². The first-order chi connectivity index (χ1) is 5.04. The zero-order valence-corrected chi connectivity index (χ0v) is 6.66. The minimum absolute atomic E-state index is 0.704. The van der Waals surface area contributed by atoms with Crippen molar-refractivity contribution in [3.63, 3.8) is 0 Å². The van der Waals surface area contributed by atoms with Crippen molar-refractivity contribution in [2.45, 2.75) is 10.6 Å². The quantitative estimate of drug-likeness (QED) is 0.270. The highest BCUT2D eigenvalue weighted by molar-refractivity contribution is 6.40. The maximum Gasteiger partial charge on any atom is 0.365 e. The van der Waals surface area contributed by atoms with Crippen molar-refractivity contribution in [1.29, 1.82) is 0 Å². The summed E-state index contributed by atoms with van der Waals surface area (Å²) in [7, 11) is 0. The fourth-order valence-electron chi connectivity index (χ4n) is 0.498. The number of rotatable bonds is 1. The lowest BCUT2D eigenvalue weighted by Gasteiger charge is -2.11. The Morgan fingerprint density at radius 3 is 2.36 bits per heavy atom. The van der Waals surface area contributed by atoms with Crippen LogP contribution in [0.25, 0.3) is 0 Å². The molecule has 0 N–H and O–H groups in total. The fourth-order valence-corrected chi connectivity index (χ4v) is 0.724. The molecule has 0 aromatic carbocycles. The topological polar surface area (TPSA) is 67.9 Å². The molecule has 0 saturated heterocycles. The summed E-state index contributed by atoms with van der Waals surface area (Å²) in [6, 6.07) is 0. The van der Waals surface area contributed by atoms with Crippen molar-refractivity contribution in [1.82, 2.24) is 0 Å². The van der Waals surface area contributed by atoms with Gasteiger partial charge in [0.2, 0.25) is 5.62 Å². The van der Waals surface area contributed by atoms with Crippen molar-refractivity contribution in [2.75, 3.05) is 0 Å². The van der Waals surface area contributed by atoms with E-state index in [-0.39, 0.29) is 0 Å². The Bertz CT molecular complexity index is 225. The smallest absolute Gasteiger partial charge is 0.262 e. The Morgan fingerprint density at radius 1 is 1.55 bits per heavy atom. The molecule has 0 spiro atoms. The first-order valence-electron chi connectivity index (χ1n) is 2.61. The van der Waals surface area contributed by atoms with Gasteiger partial charge in [0.1, 0.15) is 12.4 Å². The molecule has 0 saturated carbocycles. The molecule has 0 aromatic rings. The minimum Gasteiger partial charge on any atom is -0.262 e. The average Bonchev–Trinajstić information content (AvgIpc) is 1.95. The molecule has 0 radical (unpaired) electrons. The van der Waals surface area contributed by atoms with Crippen LogP contribution in [0, 0.1) is 10.1 Å². The van der Waals surface area contributed by atoms with Crippen LogP contribution in [-0.2, 0) is 0 Å². The lowest BCUT2D eigenvalue weighted by Crippen LogP contribution is -2.37. The van der Waals surface area contributed by atoms with Crippen LogP contribution in [0.15, 0.2) is 9.98 Å². The number of nitro groups is 1. The van der Waals surface area contributed by atoms with E-state index in [4.69, 9.17) is 23.2 Å². The molecule has 0 aliphatic carbocycles. The Labute approximate surface area is 71.9 Å². The van der Waals surface area contributed by atoms with Crippen molar-refractivity contribution in [2.24, 2.45) is 9.98 Å². The first-order valence-corrected chi connectivity index (χ1v) is 3.42. The number of aliphatic imine (C=N–C) groups is 2. The van der Waals surface area contributed by atoms with Gasteiger partial charge in [-0.2, -0.15) is 0 Å². The van der Waals surface area contributed by atoms with Crippen LogP contribution < -0.4 is 0 Å². The highest BCUT2D eigenvalue weighted by atomic mass is 35.5. The molecule has 0 unspecified atom stereocenters. The van der Waals surface area contributed by atoms with Crippen LogP contribution in [0.5, 0.6) is 0 Å². The van der Waals surface area contributed by atoms with E-state index in [2.05, 4.69) is 9.98 Å². The molecule has 1 aliphatic heterocycles. The van der Waals surface area contributed by atoms with Gasteiger partial charge in [0, 0.05) is 0 Å². The Balaban J connectivity index is 2.85. The molecule has 1 aliphatic rings. The van der Waals surface area contributed by atoms with Crippen molar-refractivity contribution in [3.8, 4) is 0 Å². The molecule has 5 nitrogen and oxygen atoms in total. The monoisotopic (exact) mass is 195 g/mol. The molecule has 1 rings (SSSR count). The van der Waals surface area contributed by atoms with Gasteiger partial charge in [0.05, 0.1) is 4.92 Å². The standard InChI is InChI=1S/C4H3Cl2N3O2/c5-3-7-1-4(6,2-8-3)9(10)11/h1-3H. The SMILES string of the molecule is O=[N+]([O-])C1(Cl)C=NC(Cl)N=C1. The number of nitrogens with zero attached hydrogens (tertiary/aromatic N) is 3. The third-order valence-corrected chi connectivity index (χ3v) is 1.60. The van der Waals surface area contributed by atoms with E-state index in [0.717, 1.165) is 12.4 Å². The summed E-state index contributed by atoms with van der Waals surface area (Å²) < 4.78 is 0. The zero-order chi connectivity index (χ0) is 8.48. The number of halogens is 2. The third kappa shape index (κ3) is 1.66. The van der Waals surface area contributed by atoms with Crippen LogP contribution in [-0.4, -0.2) is 28.0 Å². The van der Waals surface area contributed by atoms with E-state index in [0.29, 0.717) is 0 Å². The molecule has 60 valence electrons. The molecule has 0 fully saturated rings. The Morgan fingerprint density at radius 2 is 2.00 bits per heavy atom. The van der Waals surface area contributed by atoms with Gasteiger partial charge in [0.25, 0.3) is 0 Å². The zero-order valence-electron chi connectivity index (χ0n) is 5.15.